The summed E-state index contributed by atoms with van der Waals surface area (Å²) in [4.78, 5) is 0. The molecule has 0 heterocycles. The molecule has 0 fully saturated rings. The van der Waals surface area contributed by atoms with Crippen LogP contribution in [0.15, 0.2) is 53.0 Å². The summed E-state index contributed by atoms with van der Waals surface area (Å²) in [7, 11) is 0. The molecule has 2 aromatic rings. The predicted octanol–water partition coefficient (Wildman–Crippen LogP) is 5.07. The van der Waals surface area contributed by atoms with Crippen LogP contribution in [0.25, 0.3) is 0 Å². The fourth-order valence-electron chi connectivity index (χ4n) is 2.21. The maximum atomic E-state index is 5.39. The highest BCUT2D eigenvalue weighted by molar-refractivity contribution is 9.10. The largest absolute Gasteiger partial charge is 0.360 e. The third kappa shape index (κ3) is 5.43. The van der Waals surface area contributed by atoms with Crippen molar-refractivity contribution in [2.75, 3.05) is 5.32 Å². The highest BCUT2D eigenvalue weighted by Gasteiger charge is 2.05. The average molecular weight is 377 g/mol. The standard InChI is InChI=1S/C18H21BrN2S/c1-13-12-16(10-11-17(13)19)21-18(22)20-14(2)8-9-15-6-4-3-5-7-15/h3-7,10-12,14H,8-9H2,1-2H3,(H2,20,21,22)/t14-/m0/s1. The average Bonchev–Trinajstić information content (AvgIpc) is 2.50. The predicted molar refractivity (Wildman–Crippen MR) is 102 cm³/mol. The molecule has 0 aromatic heterocycles. The Morgan fingerprint density at radius 3 is 2.59 bits per heavy atom. The number of nitrogens with one attached hydrogen (secondary N) is 2. The Morgan fingerprint density at radius 1 is 1.18 bits per heavy atom. The maximum absolute atomic E-state index is 5.39. The van der Waals surface area contributed by atoms with Crippen molar-refractivity contribution in [3.63, 3.8) is 0 Å². The van der Waals surface area contributed by atoms with Gasteiger partial charge in [0.15, 0.2) is 5.11 Å². The van der Waals surface area contributed by atoms with Gasteiger partial charge in [-0.3, -0.25) is 0 Å². The van der Waals surface area contributed by atoms with Crippen molar-refractivity contribution in [2.45, 2.75) is 32.7 Å². The van der Waals surface area contributed by atoms with E-state index in [2.05, 4.69) is 70.7 Å². The summed E-state index contributed by atoms with van der Waals surface area (Å²) in [5.41, 5.74) is 3.55. The van der Waals surface area contributed by atoms with Gasteiger partial charge < -0.3 is 10.6 Å². The minimum Gasteiger partial charge on any atom is -0.360 e. The first-order valence-corrected chi connectivity index (χ1v) is 8.62. The van der Waals surface area contributed by atoms with E-state index in [1.165, 1.54) is 11.1 Å². The molecule has 0 unspecified atom stereocenters. The van der Waals surface area contributed by atoms with Crippen LogP contribution < -0.4 is 10.6 Å². The number of rotatable bonds is 5. The number of thiocarbonyl (C=S) groups is 1. The zero-order valence-corrected chi connectivity index (χ0v) is 15.3. The highest BCUT2D eigenvalue weighted by Crippen LogP contribution is 2.19. The van der Waals surface area contributed by atoms with Crippen molar-refractivity contribution in [1.29, 1.82) is 0 Å². The Kier molecular flexibility index (Phi) is 6.40. The van der Waals surface area contributed by atoms with Gasteiger partial charge in [0.25, 0.3) is 0 Å². The molecule has 2 nitrogen and oxygen atoms in total. The maximum Gasteiger partial charge on any atom is 0.170 e. The van der Waals surface area contributed by atoms with Crippen molar-refractivity contribution in [2.24, 2.45) is 0 Å². The number of aryl methyl sites for hydroxylation is 2. The van der Waals surface area contributed by atoms with Crippen molar-refractivity contribution >= 4 is 38.9 Å². The van der Waals surface area contributed by atoms with Crippen LogP contribution in [0.5, 0.6) is 0 Å². The summed E-state index contributed by atoms with van der Waals surface area (Å²) < 4.78 is 1.10. The highest BCUT2D eigenvalue weighted by atomic mass is 79.9. The smallest absolute Gasteiger partial charge is 0.170 e. The Bertz CT molecular complexity index is 628. The van der Waals surface area contributed by atoms with Crippen LogP contribution >= 0.6 is 28.1 Å². The van der Waals surface area contributed by atoms with Gasteiger partial charge >= 0.3 is 0 Å². The second kappa shape index (κ2) is 8.30. The van der Waals surface area contributed by atoms with Gasteiger partial charge in [0.05, 0.1) is 0 Å². The van der Waals surface area contributed by atoms with Crippen molar-refractivity contribution in [1.82, 2.24) is 5.32 Å². The van der Waals surface area contributed by atoms with E-state index in [9.17, 15) is 0 Å². The molecule has 0 radical (unpaired) electrons. The second-order valence-electron chi connectivity index (χ2n) is 5.49. The van der Waals surface area contributed by atoms with E-state index in [1.54, 1.807) is 0 Å². The molecule has 2 N–H and O–H groups in total. The van der Waals surface area contributed by atoms with Crippen LogP contribution in [0.2, 0.25) is 0 Å². The molecule has 116 valence electrons. The number of benzene rings is 2. The summed E-state index contributed by atoms with van der Waals surface area (Å²) in [6.45, 7) is 4.22. The molecule has 4 heteroatoms. The quantitative estimate of drug-likeness (QED) is 0.712. The fraction of sp³-hybridized carbons (Fsp3) is 0.278. The summed E-state index contributed by atoms with van der Waals surface area (Å²) in [5.74, 6) is 0. The first-order chi connectivity index (χ1) is 10.5. The normalized spacial score (nSPS) is 11.8. The molecule has 0 aliphatic rings. The molecular weight excluding hydrogens is 356 g/mol. The zero-order valence-electron chi connectivity index (χ0n) is 12.9. The lowest BCUT2D eigenvalue weighted by Gasteiger charge is -2.17. The van der Waals surface area contributed by atoms with Crippen LogP contribution in [-0.4, -0.2) is 11.2 Å². The van der Waals surface area contributed by atoms with Gasteiger partial charge in [-0.25, -0.2) is 0 Å². The minimum atomic E-state index is 0.330. The van der Waals surface area contributed by atoms with Crippen LogP contribution in [0.3, 0.4) is 0 Å². The summed E-state index contributed by atoms with van der Waals surface area (Å²) in [6.07, 6.45) is 2.10. The SMILES string of the molecule is Cc1cc(NC(=S)N[C@@H](C)CCc2ccccc2)ccc1Br. The molecule has 0 spiro atoms. The molecule has 0 amide bonds. The molecule has 0 aliphatic heterocycles. The summed E-state index contributed by atoms with van der Waals surface area (Å²) >= 11 is 8.89. The molecular formula is C18H21BrN2S. The van der Waals surface area contributed by atoms with Gasteiger partial charge in [-0.05, 0) is 68.2 Å². The summed E-state index contributed by atoms with van der Waals surface area (Å²) in [5, 5.41) is 7.25. The number of anilines is 1. The van der Waals surface area contributed by atoms with Gasteiger partial charge in [0.2, 0.25) is 0 Å². The van der Waals surface area contributed by atoms with Crippen molar-refractivity contribution < 1.29 is 0 Å². The van der Waals surface area contributed by atoms with Gasteiger partial charge in [-0.2, -0.15) is 0 Å². The Balaban J connectivity index is 1.79. The third-order valence-corrected chi connectivity index (χ3v) is 4.61. The van der Waals surface area contributed by atoms with Crippen molar-refractivity contribution in [3.8, 4) is 0 Å². The molecule has 0 saturated heterocycles. The second-order valence-corrected chi connectivity index (χ2v) is 6.75. The van der Waals surface area contributed by atoms with Gasteiger partial charge in [0.1, 0.15) is 0 Å². The van der Waals surface area contributed by atoms with E-state index < -0.39 is 0 Å². The van der Waals surface area contributed by atoms with E-state index in [1.807, 2.05) is 18.2 Å². The third-order valence-electron chi connectivity index (χ3n) is 3.50. The number of halogens is 1. The van der Waals surface area contributed by atoms with Crippen LogP contribution in [0.4, 0.5) is 5.69 Å². The molecule has 0 aliphatic carbocycles. The number of hydrogen-bond acceptors (Lipinski definition) is 1. The minimum absolute atomic E-state index is 0.330. The molecule has 0 bridgehead atoms. The molecule has 0 saturated carbocycles. The van der Waals surface area contributed by atoms with Gasteiger partial charge in [-0.1, -0.05) is 46.3 Å². The van der Waals surface area contributed by atoms with Crippen LogP contribution in [-0.2, 0) is 6.42 Å². The van der Waals surface area contributed by atoms with Crippen LogP contribution in [0, 0.1) is 6.92 Å². The lowest BCUT2D eigenvalue weighted by Crippen LogP contribution is -2.36. The lowest BCUT2D eigenvalue weighted by molar-refractivity contribution is 0.609. The first kappa shape index (κ1) is 17.0. The van der Waals surface area contributed by atoms with Crippen LogP contribution in [0.1, 0.15) is 24.5 Å². The van der Waals surface area contributed by atoms with Gasteiger partial charge in [0, 0.05) is 16.2 Å². The topological polar surface area (TPSA) is 24.1 Å². The Hall–Kier alpha value is -1.39. The lowest BCUT2D eigenvalue weighted by atomic mass is 10.1. The summed E-state index contributed by atoms with van der Waals surface area (Å²) in [6, 6.07) is 17.0. The number of hydrogen-bond donors (Lipinski definition) is 2. The zero-order chi connectivity index (χ0) is 15.9. The Morgan fingerprint density at radius 2 is 1.91 bits per heavy atom. The monoisotopic (exact) mass is 376 g/mol. The first-order valence-electron chi connectivity index (χ1n) is 7.42. The molecule has 2 aromatic carbocycles. The van der Waals surface area contributed by atoms with Crippen molar-refractivity contribution in [3.05, 3.63) is 64.1 Å². The fourth-order valence-corrected chi connectivity index (χ4v) is 2.78. The molecule has 2 rings (SSSR count). The van der Waals surface area contributed by atoms with Gasteiger partial charge in [-0.15, -0.1) is 0 Å². The van der Waals surface area contributed by atoms with E-state index in [-0.39, 0.29) is 0 Å². The van der Waals surface area contributed by atoms with E-state index in [0.717, 1.165) is 23.0 Å². The molecule has 1 atom stereocenters. The van der Waals surface area contributed by atoms with E-state index in [0.29, 0.717) is 11.2 Å². The van der Waals surface area contributed by atoms with E-state index in [4.69, 9.17) is 12.2 Å². The Labute approximate surface area is 146 Å². The molecule has 22 heavy (non-hydrogen) atoms. The van der Waals surface area contributed by atoms with E-state index >= 15 is 0 Å².